The standard InChI is InChI=1S/C16H21N3O2/c1-3-8-12-11-15(19-18-12)17-16(20)14(4-2)21-13-9-6-5-7-10-13/h5-7,9-11,14H,3-4,8H2,1-2H3,(H2,17,18,19,20). The Labute approximate surface area is 124 Å². The van der Waals surface area contributed by atoms with Crippen LogP contribution in [-0.2, 0) is 11.2 Å². The number of rotatable bonds is 7. The van der Waals surface area contributed by atoms with Crippen LogP contribution < -0.4 is 10.1 Å². The molecule has 1 aromatic heterocycles. The molecule has 0 radical (unpaired) electrons. The number of aryl methyl sites for hydroxylation is 1. The van der Waals surface area contributed by atoms with Crippen LogP contribution in [0, 0.1) is 0 Å². The fraction of sp³-hybridized carbons (Fsp3) is 0.375. The van der Waals surface area contributed by atoms with Crippen molar-refractivity contribution in [2.45, 2.75) is 39.2 Å². The van der Waals surface area contributed by atoms with Crippen molar-refractivity contribution < 1.29 is 9.53 Å². The Morgan fingerprint density at radius 3 is 2.76 bits per heavy atom. The molecule has 1 amide bonds. The zero-order valence-electron chi connectivity index (χ0n) is 12.4. The molecule has 21 heavy (non-hydrogen) atoms. The third-order valence-corrected chi connectivity index (χ3v) is 3.09. The van der Waals surface area contributed by atoms with E-state index in [4.69, 9.17) is 4.74 Å². The van der Waals surface area contributed by atoms with E-state index >= 15 is 0 Å². The minimum atomic E-state index is -0.529. The van der Waals surface area contributed by atoms with Crippen molar-refractivity contribution in [3.63, 3.8) is 0 Å². The Morgan fingerprint density at radius 2 is 2.10 bits per heavy atom. The van der Waals surface area contributed by atoms with Crippen LogP contribution in [0.5, 0.6) is 5.75 Å². The summed E-state index contributed by atoms with van der Waals surface area (Å²) in [5.74, 6) is 1.04. The Kier molecular flexibility index (Phi) is 5.37. The lowest BCUT2D eigenvalue weighted by Crippen LogP contribution is -2.32. The summed E-state index contributed by atoms with van der Waals surface area (Å²) in [7, 11) is 0. The molecule has 5 heteroatoms. The normalized spacial score (nSPS) is 11.9. The van der Waals surface area contributed by atoms with Gasteiger partial charge < -0.3 is 10.1 Å². The summed E-state index contributed by atoms with van der Waals surface area (Å²) >= 11 is 0. The molecule has 2 rings (SSSR count). The molecule has 0 aliphatic heterocycles. The van der Waals surface area contributed by atoms with Crippen molar-refractivity contribution in [2.75, 3.05) is 5.32 Å². The number of H-pyrrole nitrogens is 1. The van der Waals surface area contributed by atoms with E-state index in [-0.39, 0.29) is 5.91 Å². The maximum Gasteiger partial charge on any atom is 0.266 e. The summed E-state index contributed by atoms with van der Waals surface area (Å²) in [4.78, 5) is 12.2. The number of carbonyl (C=O) groups is 1. The van der Waals surface area contributed by atoms with Gasteiger partial charge in [0, 0.05) is 11.8 Å². The summed E-state index contributed by atoms with van der Waals surface area (Å²) in [5.41, 5.74) is 1.02. The molecule has 1 unspecified atom stereocenters. The molecular weight excluding hydrogens is 266 g/mol. The quantitative estimate of drug-likeness (QED) is 0.822. The van der Waals surface area contributed by atoms with Gasteiger partial charge in [-0.1, -0.05) is 38.5 Å². The zero-order valence-corrected chi connectivity index (χ0v) is 12.4. The molecule has 1 aromatic carbocycles. The Morgan fingerprint density at radius 1 is 1.33 bits per heavy atom. The number of nitrogens with one attached hydrogen (secondary N) is 2. The number of para-hydroxylation sites is 1. The fourth-order valence-corrected chi connectivity index (χ4v) is 2.02. The van der Waals surface area contributed by atoms with Crippen molar-refractivity contribution in [2.24, 2.45) is 0 Å². The van der Waals surface area contributed by atoms with Gasteiger partial charge >= 0.3 is 0 Å². The molecule has 2 N–H and O–H groups in total. The smallest absolute Gasteiger partial charge is 0.266 e. The molecule has 0 spiro atoms. The fourth-order valence-electron chi connectivity index (χ4n) is 2.02. The van der Waals surface area contributed by atoms with E-state index in [0.29, 0.717) is 18.0 Å². The molecule has 0 aliphatic carbocycles. The number of nitrogens with zero attached hydrogens (tertiary/aromatic N) is 1. The second-order valence-electron chi connectivity index (χ2n) is 4.85. The van der Waals surface area contributed by atoms with E-state index in [0.717, 1.165) is 18.5 Å². The first-order valence-electron chi connectivity index (χ1n) is 7.29. The minimum absolute atomic E-state index is 0.184. The minimum Gasteiger partial charge on any atom is -0.481 e. The highest BCUT2D eigenvalue weighted by Gasteiger charge is 2.19. The Hall–Kier alpha value is -2.30. The summed E-state index contributed by atoms with van der Waals surface area (Å²) in [6, 6.07) is 11.2. The van der Waals surface area contributed by atoms with E-state index in [1.165, 1.54) is 0 Å². The molecular formula is C16H21N3O2. The number of benzene rings is 1. The number of aromatic nitrogens is 2. The number of ether oxygens (including phenoxy) is 1. The summed E-state index contributed by atoms with van der Waals surface area (Å²) < 4.78 is 5.70. The SMILES string of the molecule is CCCc1cc(NC(=O)C(CC)Oc2ccccc2)n[nH]1. The van der Waals surface area contributed by atoms with Crippen LogP contribution in [0.2, 0.25) is 0 Å². The molecule has 0 fully saturated rings. The molecule has 0 aliphatic rings. The molecule has 0 saturated carbocycles. The summed E-state index contributed by atoms with van der Waals surface area (Å²) in [5, 5.41) is 9.78. The second kappa shape index (κ2) is 7.47. The average Bonchev–Trinajstić information content (AvgIpc) is 2.93. The van der Waals surface area contributed by atoms with Crippen LogP contribution in [0.3, 0.4) is 0 Å². The first-order valence-corrected chi connectivity index (χ1v) is 7.29. The van der Waals surface area contributed by atoms with Gasteiger partial charge in [0.2, 0.25) is 0 Å². The van der Waals surface area contributed by atoms with Crippen LogP contribution in [0.25, 0.3) is 0 Å². The van der Waals surface area contributed by atoms with Gasteiger partial charge in [0.05, 0.1) is 0 Å². The van der Waals surface area contributed by atoms with Crippen LogP contribution in [0.15, 0.2) is 36.4 Å². The predicted molar refractivity (Wildman–Crippen MR) is 82.4 cm³/mol. The molecule has 2 aromatic rings. The van der Waals surface area contributed by atoms with Gasteiger partial charge in [-0.3, -0.25) is 9.89 Å². The predicted octanol–water partition coefficient (Wildman–Crippen LogP) is 3.16. The molecule has 112 valence electrons. The number of carbonyl (C=O) groups excluding carboxylic acids is 1. The lowest BCUT2D eigenvalue weighted by atomic mass is 10.2. The molecule has 0 bridgehead atoms. The van der Waals surface area contributed by atoms with Gasteiger partial charge in [-0.15, -0.1) is 0 Å². The summed E-state index contributed by atoms with van der Waals surface area (Å²) in [6.45, 7) is 4.01. The first kappa shape index (κ1) is 15.1. The van der Waals surface area contributed by atoms with Crippen LogP contribution >= 0.6 is 0 Å². The van der Waals surface area contributed by atoms with Crippen LogP contribution in [0.4, 0.5) is 5.82 Å². The van der Waals surface area contributed by atoms with Gasteiger partial charge in [0.25, 0.3) is 5.91 Å². The Balaban J connectivity index is 1.96. The zero-order chi connectivity index (χ0) is 15.1. The highest BCUT2D eigenvalue weighted by molar-refractivity contribution is 5.93. The highest BCUT2D eigenvalue weighted by atomic mass is 16.5. The van der Waals surface area contributed by atoms with Crippen LogP contribution in [-0.4, -0.2) is 22.2 Å². The lowest BCUT2D eigenvalue weighted by molar-refractivity contribution is -0.122. The summed E-state index contributed by atoms with van der Waals surface area (Å²) in [6.07, 6.45) is 2.01. The van der Waals surface area contributed by atoms with Gasteiger partial charge in [-0.25, -0.2) is 0 Å². The number of anilines is 1. The third kappa shape index (κ3) is 4.34. The van der Waals surface area contributed by atoms with E-state index in [2.05, 4.69) is 22.4 Å². The van der Waals surface area contributed by atoms with E-state index < -0.39 is 6.10 Å². The molecule has 5 nitrogen and oxygen atoms in total. The average molecular weight is 287 g/mol. The van der Waals surface area contributed by atoms with Crippen molar-refractivity contribution in [3.05, 3.63) is 42.1 Å². The van der Waals surface area contributed by atoms with Gasteiger partial charge in [0.1, 0.15) is 5.75 Å². The highest BCUT2D eigenvalue weighted by Crippen LogP contribution is 2.14. The maximum atomic E-state index is 12.2. The van der Waals surface area contributed by atoms with Crippen molar-refractivity contribution in [1.82, 2.24) is 10.2 Å². The first-order chi connectivity index (χ1) is 10.2. The number of hydrogen-bond donors (Lipinski definition) is 2. The third-order valence-electron chi connectivity index (χ3n) is 3.09. The molecule has 1 atom stereocenters. The number of aromatic amines is 1. The second-order valence-corrected chi connectivity index (χ2v) is 4.85. The Bertz CT molecular complexity index is 566. The van der Waals surface area contributed by atoms with E-state index in [1.807, 2.05) is 43.3 Å². The van der Waals surface area contributed by atoms with Crippen molar-refractivity contribution in [3.8, 4) is 5.75 Å². The maximum absolute atomic E-state index is 12.2. The number of hydrogen-bond acceptors (Lipinski definition) is 3. The van der Waals surface area contributed by atoms with Crippen molar-refractivity contribution in [1.29, 1.82) is 0 Å². The van der Waals surface area contributed by atoms with Gasteiger partial charge in [-0.2, -0.15) is 5.10 Å². The monoisotopic (exact) mass is 287 g/mol. The molecule has 1 heterocycles. The topological polar surface area (TPSA) is 67.0 Å². The largest absolute Gasteiger partial charge is 0.481 e. The van der Waals surface area contributed by atoms with E-state index in [9.17, 15) is 4.79 Å². The molecule has 0 saturated heterocycles. The van der Waals surface area contributed by atoms with E-state index in [1.54, 1.807) is 0 Å². The lowest BCUT2D eigenvalue weighted by Gasteiger charge is -2.16. The van der Waals surface area contributed by atoms with Gasteiger partial charge in [0.15, 0.2) is 11.9 Å². The van der Waals surface area contributed by atoms with Gasteiger partial charge in [-0.05, 0) is 25.0 Å². The number of amides is 1. The van der Waals surface area contributed by atoms with Crippen molar-refractivity contribution >= 4 is 11.7 Å². The van der Waals surface area contributed by atoms with Crippen LogP contribution in [0.1, 0.15) is 32.4 Å².